The average molecular weight is 301 g/mol. The number of rotatable bonds is 5. The Hall–Kier alpha value is -0.740. The Labute approximate surface area is 108 Å². The number of halogens is 2. The highest BCUT2D eigenvalue weighted by atomic mass is 79.9. The van der Waals surface area contributed by atoms with Gasteiger partial charge in [-0.25, -0.2) is 4.39 Å². The number of hydrogen-bond acceptors (Lipinski definition) is 2. The first-order chi connectivity index (χ1) is 8.13. The number of aldehydes is 1. The molecule has 1 aromatic carbocycles. The van der Waals surface area contributed by atoms with E-state index in [1.807, 2.05) is 6.07 Å². The fourth-order valence-corrected chi connectivity index (χ4v) is 2.62. The van der Waals surface area contributed by atoms with Gasteiger partial charge >= 0.3 is 0 Å². The Morgan fingerprint density at radius 3 is 3.00 bits per heavy atom. The second kappa shape index (κ2) is 4.86. The van der Waals surface area contributed by atoms with Gasteiger partial charge in [-0.15, -0.1) is 0 Å². The summed E-state index contributed by atoms with van der Waals surface area (Å²) in [5, 5.41) is 0. The van der Waals surface area contributed by atoms with Crippen molar-refractivity contribution in [2.24, 2.45) is 5.41 Å². The molecule has 92 valence electrons. The van der Waals surface area contributed by atoms with Crippen LogP contribution in [0.2, 0.25) is 0 Å². The maximum atomic E-state index is 13.8. The monoisotopic (exact) mass is 300 g/mol. The van der Waals surface area contributed by atoms with Crippen molar-refractivity contribution >= 4 is 22.2 Å². The van der Waals surface area contributed by atoms with Gasteiger partial charge in [0.15, 0.2) is 0 Å². The summed E-state index contributed by atoms with van der Waals surface area (Å²) in [7, 11) is 1.61. The van der Waals surface area contributed by atoms with E-state index in [0.717, 1.165) is 12.7 Å². The second-order valence-electron chi connectivity index (χ2n) is 4.52. The van der Waals surface area contributed by atoms with Crippen molar-refractivity contribution in [1.29, 1.82) is 0 Å². The summed E-state index contributed by atoms with van der Waals surface area (Å²) in [5.74, 6) is -0.242. The summed E-state index contributed by atoms with van der Waals surface area (Å²) in [6.07, 6.45) is 2.34. The van der Waals surface area contributed by atoms with Gasteiger partial charge in [-0.2, -0.15) is 0 Å². The topological polar surface area (TPSA) is 26.3 Å². The molecule has 0 N–H and O–H groups in total. The van der Waals surface area contributed by atoms with Gasteiger partial charge in [0.05, 0.1) is 0 Å². The standard InChI is InChI=1S/C13H14BrFO2/c1-17-5-4-13(8-16)7-11(13)10-3-2-9(14)6-12(10)15/h2-3,6,8,11H,4-5,7H2,1H3/t11-,13-/m1/s1. The lowest BCUT2D eigenvalue weighted by molar-refractivity contribution is -0.112. The van der Waals surface area contributed by atoms with Crippen LogP contribution < -0.4 is 0 Å². The molecule has 0 aromatic heterocycles. The van der Waals surface area contributed by atoms with Gasteiger partial charge in [-0.1, -0.05) is 22.0 Å². The third-order valence-electron chi connectivity index (χ3n) is 3.46. The van der Waals surface area contributed by atoms with E-state index in [-0.39, 0.29) is 11.7 Å². The second-order valence-corrected chi connectivity index (χ2v) is 5.43. The zero-order valence-electron chi connectivity index (χ0n) is 9.58. The minimum atomic E-state index is -0.412. The third-order valence-corrected chi connectivity index (χ3v) is 3.96. The first-order valence-corrected chi connectivity index (χ1v) is 6.32. The molecular weight excluding hydrogens is 287 g/mol. The molecule has 1 aliphatic carbocycles. The predicted octanol–water partition coefficient (Wildman–Crippen LogP) is 3.30. The van der Waals surface area contributed by atoms with Gasteiger partial charge in [-0.3, -0.25) is 0 Å². The van der Waals surface area contributed by atoms with Crippen molar-refractivity contribution in [3.8, 4) is 0 Å². The fourth-order valence-electron chi connectivity index (χ4n) is 2.28. The predicted molar refractivity (Wildman–Crippen MR) is 66.4 cm³/mol. The normalized spacial score (nSPS) is 26.9. The molecule has 1 aliphatic rings. The minimum Gasteiger partial charge on any atom is -0.385 e. The zero-order valence-corrected chi connectivity index (χ0v) is 11.2. The SMILES string of the molecule is COCC[C@]1(C=O)C[C@@H]1c1ccc(Br)cc1F. The summed E-state index contributed by atoms with van der Waals surface area (Å²) in [6, 6.07) is 5.00. The molecule has 0 bridgehead atoms. The van der Waals surface area contributed by atoms with Gasteiger partial charge in [0.25, 0.3) is 0 Å². The number of hydrogen-bond donors (Lipinski definition) is 0. The van der Waals surface area contributed by atoms with Crippen LogP contribution in [0.25, 0.3) is 0 Å². The van der Waals surface area contributed by atoms with Crippen LogP contribution >= 0.6 is 15.9 Å². The van der Waals surface area contributed by atoms with Crippen molar-refractivity contribution < 1.29 is 13.9 Å². The van der Waals surface area contributed by atoms with Gasteiger partial charge in [-0.05, 0) is 30.5 Å². The quantitative estimate of drug-likeness (QED) is 0.780. The van der Waals surface area contributed by atoms with E-state index in [9.17, 15) is 9.18 Å². The van der Waals surface area contributed by atoms with E-state index in [1.165, 1.54) is 6.07 Å². The van der Waals surface area contributed by atoms with Crippen molar-refractivity contribution in [2.45, 2.75) is 18.8 Å². The summed E-state index contributed by atoms with van der Waals surface area (Å²) in [6.45, 7) is 0.535. The molecule has 0 spiro atoms. The maximum Gasteiger partial charge on any atom is 0.127 e. The summed E-state index contributed by atoms with van der Waals surface area (Å²) in [4.78, 5) is 11.2. The van der Waals surface area contributed by atoms with Gasteiger partial charge < -0.3 is 9.53 Å². The van der Waals surface area contributed by atoms with Crippen LogP contribution in [0.4, 0.5) is 4.39 Å². The molecule has 0 radical (unpaired) electrons. The number of methoxy groups -OCH3 is 1. The van der Waals surface area contributed by atoms with Gasteiger partial charge in [0.1, 0.15) is 12.1 Å². The van der Waals surface area contributed by atoms with Crippen LogP contribution in [0.15, 0.2) is 22.7 Å². The highest BCUT2D eigenvalue weighted by Gasteiger charge is 2.55. The summed E-state index contributed by atoms with van der Waals surface area (Å²) >= 11 is 3.22. The van der Waals surface area contributed by atoms with E-state index in [1.54, 1.807) is 13.2 Å². The molecule has 1 saturated carbocycles. The highest BCUT2D eigenvalue weighted by molar-refractivity contribution is 9.10. The number of ether oxygens (including phenoxy) is 1. The molecular formula is C13H14BrFO2. The van der Waals surface area contributed by atoms with E-state index in [0.29, 0.717) is 23.1 Å². The molecule has 1 fully saturated rings. The molecule has 2 atom stereocenters. The molecule has 0 amide bonds. The largest absolute Gasteiger partial charge is 0.385 e. The van der Waals surface area contributed by atoms with E-state index >= 15 is 0 Å². The van der Waals surface area contributed by atoms with E-state index in [2.05, 4.69) is 15.9 Å². The van der Waals surface area contributed by atoms with Crippen molar-refractivity contribution in [1.82, 2.24) is 0 Å². The molecule has 17 heavy (non-hydrogen) atoms. The van der Waals surface area contributed by atoms with Crippen LogP contribution in [0.1, 0.15) is 24.3 Å². The Kier molecular flexibility index (Phi) is 3.64. The summed E-state index contributed by atoms with van der Waals surface area (Å²) < 4.78 is 19.5. The summed E-state index contributed by atoms with van der Waals surface area (Å²) in [5.41, 5.74) is 0.224. The van der Waals surface area contributed by atoms with Crippen LogP contribution in [-0.4, -0.2) is 20.0 Å². The van der Waals surface area contributed by atoms with Crippen LogP contribution in [0.3, 0.4) is 0 Å². The molecule has 2 nitrogen and oxygen atoms in total. The zero-order chi connectivity index (χ0) is 12.5. The van der Waals surface area contributed by atoms with Crippen LogP contribution in [-0.2, 0) is 9.53 Å². The Morgan fingerprint density at radius 2 is 2.41 bits per heavy atom. The lowest BCUT2D eigenvalue weighted by Crippen LogP contribution is -2.09. The molecule has 2 rings (SSSR count). The van der Waals surface area contributed by atoms with Crippen molar-refractivity contribution in [2.75, 3.05) is 13.7 Å². The lowest BCUT2D eigenvalue weighted by Gasteiger charge is -2.10. The molecule has 0 unspecified atom stereocenters. The minimum absolute atomic E-state index is 0.00301. The molecule has 0 saturated heterocycles. The number of carbonyl (C=O) groups excluding carboxylic acids is 1. The Balaban J connectivity index is 2.17. The average Bonchev–Trinajstić information content (AvgIpc) is 3.02. The maximum absolute atomic E-state index is 13.8. The third kappa shape index (κ3) is 2.43. The number of benzene rings is 1. The highest BCUT2D eigenvalue weighted by Crippen LogP contribution is 2.60. The van der Waals surface area contributed by atoms with Gasteiger partial charge in [0, 0.05) is 29.5 Å². The molecule has 1 aromatic rings. The first kappa shape index (κ1) is 12.7. The van der Waals surface area contributed by atoms with Gasteiger partial charge in [0.2, 0.25) is 0 Å². The Bertz CT molecular complexity index is 435. The molecule has 0 heterocycles. The first-order valence-electron chi connectivity index (χ1n) is 5.53. The van der Waals surface area contributed by atoms with E-state index < -0.39 is 5.41 Å². The lowest BCUT2D eigenvalue weighted by atomic mass is 9.97. The Morgan fingerprint density at radius 1 is 1.65 bits per heavy atom. The molecule has 4 heteroatoms. The van der Waals surface area contributed by atoms with E-state index in [4.69, 9.17) is 4.74 Å². The number of carbonyl (C=O) groups is 1. The van der Waals surface area contributed by atoms with Crippen LogP contribution in [0, 0.1) is 11.2 Å². The van der Waals surface area contributed by atoms with Crippen LogP contribution in [0.5, 0.6) is 0 Å². The van der Waals surface area contributed by atoms with Crippen molar-refractivity contribution in [3.05, 3.63) is 34.1 Å². The fraction of sp³-hybridized carbons (Fsp3) is 0.462. The smallest absolute Gasteiger partial charge is 0.127 e. The van der Waals surface area contributed by atoms with Crippen molar-refractivity contribution in [3.63, 3.8) is 0 Å². The molecule has 0 aliphatic heterocycles.